The minimum atomic E-state index is 0.298. The molecule has 0 N–H and O–H groups in total. The molecule has 0 radical (unpaired) electrons. The van der Waals surface area contributed by atoms with Crippen LogP contribution in [-0.4, -0.2) is 30.3 Å². The molecule has 1 aliphatic heterocycles. The number of aryl methyl sites for hydroxylation is 1. The highest BCUT2D eigenvalue weighted by molar-refractivity contribution is 5.96. The fourth-order valence-electron chi connectivity index (χ4n) is 3.55. The number of carbonyl (C=O) groups is 1. The maximum Gasteiger partial charge on any atom is 0.164 e. The van der Waals surface area contributed by atoms with Gasteiger partial charge in [0.1, 0.15) is 0 Å². The molecule has 2 nitrogen and oxygen atoms in total. The highest BCUT2D eigenvalue weighted by atomic mass is 16.1. The number of nitrogens with zero attached hydrogens (tertiary/aromatic N) is 1. The van der Waals surface area contributed by atoms with Crippen molar-refractivity contribution in [1.29, 1.82) is 0 Å². The van der Waals surface area contributed by atoms with Crippen molar-refractivity contribution >= 4 is 5.78 Å². The number of Topliss-reactive ketones (excluding diaryl/α,β-unsaturated/α-hetero) is 1. The van der Waals surface area contributed by atoms with Crippen molar-refractivity contribution < 1.29 is 4.79 Å². The van der Waals surface area contributed by atoms with Crippen LogP contribution in [0, 0.1) is 0 Å². The average molecular weight is 330 g/mol. The minimum absolute atomic E-state index is 0.298. The maximum absolute atomic E-state index is 12.3. The average Bonchev–Trinajstić information content (AvgIpc) is 2.64. The third-order valence-corrected chi connectivity index (χ3v) is 5.20. The number of piperidine rings is 1. The molecule has 1 heterocycles. The van der Waals surface area contributed by atoms with E-state index in [0.717, 1.165) is 18.5 Å². The van der Waals surface area contributed by atoms with E-state index >= 15 is 0 Å². The molecule has 0 atom stereocenters. The summed E-state index contributed by atoms with van der Waals surface area (Å²) in [5.74, 6) is 0.298. The van der Waals surface area contributed by atoms with Crippen molar-refractivity contribution in [2.24, 2.45) is 0 Å². The Morgan fingerprint density at radius 2 is 1.58 bits per heavy atom. The van der Waals surface area contributed by atoms with E-state index in [1.54, 1.807) is 0 Å². The minimum Gasteiger partial charge on any atom is -0.303 e. The van der Waals surface area contributed by atoms with E-state index in [0.29, 0.717) is 12.2 Å². The summed E-state index contributed by atoms with van der Waals surface area (Å²) in [7, 11) is 0. The summed E-state index contributed by atoms with van der Waals surface area (Å²) in [6.07, 6.45) is 13.8. The van der Waals surface area contributed by atoms with Gasteiger partial charge in [-0.1, -0.05) is 69.7 Å². The van der Waals surface area contributed by atoms with E-state index in [1.165, 1.54) is 76.4 Å². The molecule has 2 heteroatoms. The molecule has 24 heavy (non-hydrogen) atoms. The Kier molecular flexibility index (Phi) is 9.12. The molecule has 1 aromatic carbocycles. The molecule has 0 bridgehead atoms. The summed E-state index contributed by atoms with van der Waals surface area (Å²) >= 11 is 0. The van der Waals surface area contributed by atoms with Crippen LogP contribution in [0.2, 0.25) is 0 Å². The van der Waals surface area contributed by atoms with E-state index in [2.05, 4.69) is 24.0 Å². The smallest absolute Gasteiger partial charge is 0.164 e. The van der Waals surface area contributed by atoms with Gasteiger partial charge < -0.3 is 4.90 Å². The van der Waals surface area contributed by atoms with Gasteiger partial charge in [-0.15, -0.1) is 0 Å². The Balaban J connectivity index is 1.65. The van der Waals surface area contributed by atoms with Gasteiger partial charge in [0.15, 0.2) is 5.78 Å². The molecule has 134 valence electrons. The number of hydrogen-bond acceptors (Lipinski definition) is 2. The second-order valence-corrected chi connectivity index (χ2v) is 7.29. The van der Waals surface area contributed by atoms with E-state index in [9.17, 15) is 4.79 Å². The molecule has 1 fully saturated rings. The van der Waals surface area contributed by atoms with Gasteiger partial charge in [0.25, 0.3) is 0 Å². The normalized spacial score (nSPS) is 15.5. The fourth-order valence-corrected chi connectivity index (χ4v) is 3.55. The molecule has 0 unspecified atom stereocenters. The van der Waals surface area contributed by atoms with Gasteiger partial charge in [-0.25, -0.2) is 0 Å². The second-order valence-electron chi connectivity index (χ2n) is 7.29. The van der Waals surface area contributed by atoms with E-state index in [4.69, 9.17) is 0 Å². The third kappa shape index (κ3) is 7.17. The Hall–Kier alpha value is -1.15. The summed E-state index contributed by atoms with van der Waals surface area (Å²) < 4.78 is 0. The summed E-state index contributed by atoms with van der Waals surface area (Å²) in [5, 5.41) is 0. The monoisotopic (exact) mass is 329 g/mol. The lowest BCUT2D eigenvalue weighted by molar-refractivity contribution is 0.0958. The van der Waals surface area contributed by atoms with Crippen molar-refractivity contribution in [3.63, 3.8) is 0 Å². The van der Waals surface area contributed by atoms with Gasteiger partial charge in [0, 0.05) is 18.5 Å². The fraction of sp³-hybridized carbons (Fsp3) is 0.682. The summed E-state index contributed by atoms with van der Waals surface area (Å²) in [6.45, 7) is 5.53. The van der Waals surface area contributed by atoms with Crippen LogP contribution in [0.15, 0.2) is 24.3 Å². The predicted octanol–water partition coefficient (Wildman–Crippen LogP) is 5.65. The topological polar surface area (TPSA) is 20.3 Å². The zero-order valence-electron chi connectivity index (χ0n) is 15.6. The molecule has 2 rings (SSSR count). The van der Waals surface area contributed by atoms with Gasteiger partial charge in [-0.05, 0) is 44.3 Å². The first-order chi connectivity index (χ1) is 11.8. The second kappa shape index (κ2) is 11.4. The lowest BCUT2D eigenvalue weighted by Gasteiger charge is -2.25. The van der Waals surface area contributed by atoms with Crippen LogP contribution in [0.1, 0.15) is 87.1 Å². The molecule has 0 saturated carbocycles. The highest BCUT2D eigenvalue weighted by Gasteiger charge is 2.12. The standard InChI is InChI=1S/C22H35NO/c1-2-3-4-5-6-8-11-20-12-14-21(15-13-20)22(24)16-19-23-17-9-7-10-18-23/h12-15H,2-11,16-19H2,1H3. The van der Waals surface area contributed by atoms with E-state index in [-0.39, 0.29) is 0 Å². The Morgan fingerprint density at radius 3 is 2.29 bits per heavy atom. The van der Waals surface area contributed by atoms with Gasteiger partial charge in [-0.3, -0.25) is 4.79 Å². The molecular formula is C22H35NO. The number of unbranched alkanes of at least 4 members (excludes halogenated alkanes) is 5. The van der Waals surface area contributed by atoms with Crippen LogP contribution in [0.3, 0.4) is 0 Å². The van der Waals surface area contributed by atoms with Gasteiger partial charge in [-0.2, -0.15) is 0 Å². The number of likely N-dealkylation sites (tertiary alicyclic amines) is 1. The molecular weight excluding hydrogens is 294 g/mol. The number of benzene rings is 1. The first-order valence-electron chi connectivity index (χ1n) is 10.1. The van der Waals surface area contributed by atoms with Crippen LogP contribution >= 0.6 is 0 Å². The largest absolute Gasteiger partial charge is 0.303 e. The van der Waals surface area contributed by atoms with Crippen molar-refractivity contribution in [2.75, 3.05) is 19.6 Å². The third-order valence-electron chi connectivity index (χ3n) is 5.20. The molecule has 0 aromatic heterocycles. The predicted molar refractivity (Wildman–Crippen MR) is 103 cm³/mol. The first-order valence-corrected chi connectivity index (χ1v) is 10.1. The van der Waals surface area contributed by atoms with E-state index in [1.807, 2.05) is 12.1 Å². The number of ketones is 1. The number of rotatable bonds is 11. The quantitative estimate of drug-likeness (QED) is 0.386. The molecule has 0 spiro atoms. The van der Waals surface area contributed by atoms with Crippen LogP contribution in [0.4, 0.5) is 0 Å². The number of hydrogen-bond donors (Lipinski definition) is 0. The molecule has 1 aliphatic rings. The molecule has 0 aliphatic carbocycles. The van der Waals surface area contributed by atoms with Crippen molar-refractivity contribution in [3.05, 3.63) is 35.4 Å². The Morgan fingerprint density at radius 1 is 0.917 bits per heavy atom. The molecule has 0 amide bonds. The van der Waals surface area contributed by atoms with Crippen LogP contribution in [0.25, 0.3) is 0 Å². The van der Waals surface area contributed by atoms with E-state index < -0.39 is 0 Å². The lowest BCUT2D eigenvalue weighted by atomic mass is 10.0. The SMILES string of the molecule is CCCCCCCCc1ccc(C(=O)CCN2CCCCC2)cc1. The molecule has 1 saturated heterocycles. The van der Waals surface area contributed by atoms with Crippen LogP contribution in [-0.2, 0) is 6.42 Å². The Labute approximate surface area is 148 Å². The first kappa shape index (κ1) is 19.2. The van der Waals surface area contributed by atoms with Crippen molar-refractivity contribution in [1.82, 2.24) is 4.90 Å². The highest BCUT2D eigenvalue weighted by Crippen LogP contribution is 2.13. The van der Waals surface area contributed by atoms with Gasteiger partial charge in [0.2, 0.25) is 0 Å². The van der Waals surface area contributed by atoms with Crippen LogP contribution < -0.4 is 0 Å². The zero-order valence-corrected chi connectivity index (χ0v) is 15.6. The van der Waals surface area contributed by atoms with Crippen LogP contribution in [0.5, 0.6) is 0 Å². The van der Waals surface area contributed by atoms with Crippen molar-refractivity contribution in [3.8, 4) is 0 Å². The summed E-state index contributed by atoms with van der Waals surface area (Å²) in [4.78, 5) is 14.8. The van der Waals surface area contributed by atoms with Gasteiger partial charge in [0.05, 0.1) is 0 Å². The lowest BCUT2D eigenvalue weighted by Crippen LogP contribution is -2.31. The zero-order chi connectivity index (χ0) is 17.0. The maximum atomic E-state index is 12.3. The summed E-state index contributed by atoms with van der Waals surface area (Å²) in [6, 6.07) is 8.37. The summed E-state index contributed by atoms with van der Waals surface area (Å²) in [5.41, 5.74) is 2.26. The number of carbonyl (C=O) groups excluding carboxylic acids is 1. The van der Waals surface area contributed by atoms with Gasteiger partial charge >= 0.3 is 0 Å². The molecule has 1 aromatic rings. The van der Waals surface area contributed by atoms with Crippen molar-refractivity contribution in [2.45, 2.75) is 77.6 Å². The Bertz CT molecular complexity index is 459.